The lowest BCUT2D eigenvalue weighted by Crippen LogP contribution is -2.46. The molecule has 26 heavy (non-hydrogen) atoms. The van der Waals surface area contributed by atoms with Gasteiger partial charge in [-0.3, -0.25) is 14.5 Å². The average molecular weight is 371 g/mol. The van der Waals surface area contributed by atoms with Gasteiger partial charge in [-0.2, -0.15) is 0 Å². The summed E-state index contributed by atoms with van der Waals surface area (Å²) in [4.78, 5) is 28.1. The number of piperidine rings is 1. The number of fused-ring (bicyclic) bond motifs is 1. The molecule has 3 heterocycles. The number of hydrogen-bond acceptors (Lipinski definition) is 5. The number of likely N-dealkylation sites (tertiary alicyclic amines) is 1. The Hall–Kier alpha value is -2.25. The van der Waals surface area contributed by atoms with Gasteiger partial charge in [0.05, 0.1) is 18.5 Å². The summed E-state index contributed by atoms with van der Waals surface area (Å²) < 4.78 is 5.21. The van der Waals surface area contributed by atoms with Crippen LogP contribution < -0.4 is 10.6 Å². The molecule has 1 fully saturated rings. The van der Waals surface area contributed by atoms with Crippen molar-refractivity contribution >= 4 is 29.3 Å². The molecule has 0 spiro atoms. The number of nitrogens with one attached hydrogen (secondary N) is 2. The minimum atomic E-state index is -0.193. The SMILES string of the molecule is O=C(NCc1ccco1)c1ccc2c(c1)NC(=O)C(N1CCCCC1)S2. The Morgan fingerprint density at radius 3 is 2.88 bits per heavy atom. The smallest absolute Gasteiger partial charge is 0.252 e. The minimum absolute atomic E-state index is 0.00227. The maximum atomic E-state index is 12.5. The van der Waals surface area contributed by atoms with Crippen LogP contribution in [0.15, 0.2) is 45.9 Å². The van der Waals surface area contributed by atoms with Crippen LogP contribution in [-0.4, -0.2) is 35.2 Å². The van der Waals surface area contributed by atoms with Crippen molar-refractivity contribution in [3.05, 3.63) is 47.9 Å². The fourth-order valence-corrected chi connectivity index (χ4v) is 4.47. The lowest BCUT2D eigenvalue weighted by atomic mass is 10.1. The average Bonchev–Trinajstić information content (AvgIpc) is 3.19. The standard InChI is InChI=1S/C19H21N3O3S/c23-17(20-12-14-5-4-10-25-14)13-6-7-16-15(11-13)21-18(24)19(26-16)22-8-2-1-3-9-22/h4-7,10-11,19H,1-3,8-9,12H2,(H,20,23)(H,21,24). The van der Waals surface area contributed by atoms with Crippen molar-refractivity contribution in [3.63, 3.8) is 0 Å². The van der Waals surface area contributed by atoms with Gasteiger partial charge in [0, 0.05) is 10.5 Å². The van der Waals surface area contributed by atoms with E-state index in [-0.39, 0.29) is 17.2 Å². The fourth-order valence-electron chi connectivity index (χ4n) is 3.32. The largest absolute Gasteiger partial charge is 0.467 e. The zero-order chi connectivity index (χ0) is 17.9. The second-order valence-corrected chi connectivity index (χ2v) is 7.65. The van der Waals surface area contributed by atoms with E-state index < -0.39 is 0 Å². The van der Waals surface area contributed by atoms with Crippen LogP contribution in [0.4, 0.5) is 5.69 Å². The van der Waals surface area contributed by atoms with Gasteiger partial charge < -0.3 is 15.1 Å². The Morgan fingerprint density at radius 1 is 1.27 bits per heavy atom. The van der Waals surface area contributed by atoms with Crippen LogP contribution >= 0.6 is 11.8 Å². The van der Waals surface area contributed by atoms with E-state index in [2.05, 4.69) is 15.5 Å². The zero-order valence-electron chi connectivity index (χ0n) is 14.4. The summed E-state index contributed by atoms with van der Waals surface area (Å²) in [7, 11) is 0. The van der Waals surface area contributed by atoms with Crippen LogP contribution in [0.5, 0.6) is 0 Å². The summed E-state index contributed by atoms with van der Waals surface area (Å²) in [5, 5.41) is 5.61. The van der Waals surface area contributed by atoms with Gasteiger partial charge in [0.15, 0.2) is 0 Å². The van der Waals surface area contributed by atoms with Gasteiger partial charge in [-0.15, -0.1) is 0 Å². The van der Waals surface area contributed by atoms with Crippen LogP contribution in [-0.2, 0) is 11.3 Å². The van der Waals surface area contributed by atoms with Crippen molar-refractivity contribution in [1.29, 1.82) is 0 Å². The summed E-state index contributed by atoms with van der Waals surface area (Å²) in [5.74, 6) is 0.503. The van der Waals surface area contributed by atoms with Gasteiger partial charge >= 0.3 is 0 Å². The van der Waals surface area contributed by atoms with Gasteiger partial charge in [-0.05, 0) is 56.3 Å². The Bertz CT molecular complexity index is 800. The molecule has 2 aliphatic rings. The van der Waals surface area contributed by atoms with E-state index in [1.54, 1.807) is 36.2 Å². The zero-order valence-corrected chi connectivity index (χ0v) is 15.2. The summed E-state index contributed by atoms with van der Waals surface area (Å²) in [6.07, 6.45) is 5.10. The van der Waals surface area contributed by atoms with Gasteiger partial charge in [0.1, 0.15) is 11.1 Å². The summed E-state index contributed by atoms with van der Waals surface area (Å²) in [6, 6.07) is 9.05. The van der Waals surface area contributed by atoms with Crippen LogP contribution in [0, 0.1) is 0 Å². The third-order valence-electron chi connectivity index (χ3n) is 4.69. The normalized spacial score (nSPS) is 20.3. The molecule has 2 N–H and O–H groups in total. The first-order chi connectivity index (χ1) is 12.7. The van der Waals surface area contributed by atoms with Crippen molar-refractivity contribution in [2.45, 2.75) is 36.1 Å². The van der Waals surface area contributed by atoms with E-state index in [4.69, 9.17) is 4.42 Å². The van der Waals surface area contributed by atoms with Crippen molar-refractivity contribution in [2.75, 3.05) is 18.4 Å². The third kappa shape index (κ3) is 3.64. The van der Waals surface area contributed by atoms with E-state index in [1.165, 1.54) is 6.42 Å². The number of amides is 2. The lowest BCUT2D eigenvalue weighted by Gasteiger charge is -2.35. The van der Waals surface area contributed by atoms with Gasteiger partial charge in [-0.25, -0.2) is 0 Å². The molecule has 2 amide bonds. The van der Waals surface area contributed by atoms with Crippen LogP contribution in [0.25, 0.3) is 0 Å². The molecule has 1 unspecified atom stereocenters. The molecule has 1 aromatic carbocycles. The van der Waals surface area contributed by atoms with Gasteiger partial charge in [0.2, 0.25) is 0 Å². The van der Waals surface area contributed by atoms with E-state index in [0.717, 1.165) is 30.8 Å². The molecule has 0 bridgehead atoms. The number of nitrogens with zero attached hydrogens (tertiary/aromatic N) is 1. The number of thioether (sulfide) groups is 1. The topological polar surface area (TPSA) is 74.6 Å². The Kier molecular flexibility index (Phi) is 4.99. The van der Waals surface area contributed by atoms with E-state index in [1.807, 2.05) is 12.1 Å². The molecule has 136 valence electrons. The molecule has 1 aromatic heterocycles. The first kappa shape index (κ1) is 17.2. The van der Waals surface area contributed by atoms with Crippen LogP contribution in [0.2, 0.25) is 0 Å². The van der Waals surface area contributed by atoms with E-state index >= 15 is 0 Å². The second-order valence-electron chi connectivity index (χ2n) is 6.53. The van der Waals surface area contributed by atoms with E-state index in [9.17, 15) is 9.59 Å². The second kappa shape index (κ2) is 7.55. The minimum Gasteiger partial charge on any atom is -0.467 e. The molecule has 6 nitrogen and oxygen atoms in total. The number of furan rings is 1. The van der Waals surface area contributed by atoms with Crippen molar-refractivity contribution < 1.29 is 14.0 Å². The number of carbonyl (C=O) groups is 2. The lowest BCUT2D eigenvalue weighted by molar-refractivity contribution is -0.118. The maximum absolute atomic E-state index is 12.5. The first-order valence-electron chi connectivity index (χ1n) is 8.87. The highest BCUT2D eigenvalue weighted by atomic mass is 32.2. The number of benzene rings is 1. The van der Waals surface area contributed by atoms with Crippen molar-refractivity contribution in [3.8, 4) is 0 Å². The molecular formula is C19H21N3O3S. The molecular weight excluding hydrogens is 350 g/mol. The molecule has 1 atom stereocenters. The highest BCUT2D eigenvalue weighted by Crippen LogP contribution is 2.38. The predicted molar refractivity (Wildman–Crippen MR) is 100 cm³/mol. The molecule has 1 saturated heterocycles. The molecule has 2 aromatic rings. The monoisotopic (exact) mass is 371 g/mol. The number of anilines is 1. The Labute approximate surface area is 156 Å². The molecule has 2 aliphatic heterocycles. The molecule has 0 radical (unpaired) electrons. The highest BCUT2D eigenvalue weighted by molar-refractivity contribution is 8.00. The van der Waals surface area contributed by atoms with E-state index in [0.29, 0.717) is 23.6 Å². The molecule has 0 saturated carbocycles. The van der Waals surface area contributed by atoms with Crippen LogP contribution in [0.1, 0.15) is 35.4 Å². The molecule has 4 rings (SSSR count). The fraction of sp³-hybridized carbons (Fsp3) is 0.368. The summed E-state index contributed by atoms with van der Waals surface area (Å²) >= 11 is 1.57. The van der Waals surface area contributed by atoms with Crippen LogP contribution in [0.3, 0.4) is 0 Å². The first-order valence-corrected chi connectivity index (χ1v) is 9.75. The van der Waals surface area contributed by atoms with Crippen molar-refractivity contribution in [1.82, 2.24) is 10.2 Å². The quantitative estimate of drug-likeness (QED) is 0.864. The summed E-state index contributed by atoms with van der Waals surface area (Å²) in [6.45, 7) is 2.27. The Balaban J connectivity index is 1.45. The number of rotatable bonds is 4. The summed E-state index contributed by atoms with van der Waals surface area (Å²) in [5.41, 5.74) is 1.23. The number of hydrogen-bond donors (Lipinski definition) is 2. The van der Waals surface area contributed by atoms with Gasteiger partial charge in [0.25, 0.3) is 11.8 Å². The number of carbonyl (C=O) groups excluding carboxylic acids is 2. The molecule has 7 heteroatoms. The predicted octanol–water partition coefficient (Wildman–Crippen LogP) is 3.07. The van der Waals surface area contributed by atoms with Crippen molar-refractivity contribution in [2.24, 2.45) is 0 Å². The maximum Gasteiger partial charge on any atom is 0.252 e. The molecule has 0 aliphatic carbocycles. The highest BCUT2D eigenvalue weighted by Gasteiger charge is 2.33. The van der Waals surface area contributed by atoms with Gasteiger partial charge in [-0.1, -0.05) is 18.2 Å². The Morgan fingerprint density at radius 2 is 2.12 bits per heavy atom. The third-order valence-corrected chi connectivity index (χ3v) is 6.03.